The van der Waals surface area contributed by atoms with E-state index in [4.69, 9.17) is 11.1 Å². The maximum atomic E-state index is 12.8. The van der Waals surface area contributed by atoms with Crippen LogP contribution in [-0.2, 0) is 20.8 Å². The van der Waals surface area contributed by atoms with E-state index >= 15 is 0 Å². The summed E-state index contributed by atoms with van der Waals surface area (Å²) in [6, 6.07) is 9.47. The zero-order chi connectivity index (χ0) is 20.9. The molecule has 0 fully saturated rings. The number of hydrogen-bond donors (Lipinski definition) is 3. The van der Waals surface area contributed by atoms with Crippen molar-refractivity contribution in [1.29, 1.82) is 5.41 Å². The van der Waals surface area contributed by atoms with Gasteiger partial charge in [-0.2, -0.15) is 0 Å². The molecule has 0 unspecified atom stereocenters. The van der Waals surface area contributed by atoms with E-state index in [2.05, 4.69) is 5.32 Å². The molecule has 1 aromatic carbocycles. The van der Waals surface area contributed by atoms with E-state index in [0.717, 1.165) is 6.42 Å². The van der Waals surface area contributed by atoms with Crippen molar-refractivity contribution in [1.82, 2.24) is 5.32 Å². The first-order valence-electron chi connectivity index (χ1n) is 9.96. The van der Waals surface area contributed by atoms with Gasteiger partial charge in [-0.05, 0) is 37.7 Å². The molecule has 0 aliphatic heterocycles. The summed E-state index contributed by atoms with van der Waals surface area (Å²) in [5.41, 5.74) is 6.56. The molecule has 0 aliphatic carbocycles. The minimum atomic E-state index is -0.551. The summed E-state index contributed by atoms with van der Waals surface area (Å²) in [6.07, 6.45) is 3.91. The number of nitrogens with two attached hydrogens (primary N) is 1. The van der Waals surface area contributed by atoms with Crippen LogP contribution in [0.15, 0.2) is 30.3 Å². The number of Topliss-reactive ketones (excluding diaryl/α,β-unsaturated/α-hetero) is 2. The van der Waals surface area contributed by atoms with Gasteiger partial charge in [0, 0.05) is 25.7 Å². The number of rotatable bonds is 14. The quantitative estimate of drug-likeness (QED) is 0.258. The van der Waals surface area contributed by atoms with Crippen LogP contribution >= 0.6 is 0 Å². The molecule has 0 bridgehead atoms. The van der Waals surface area contributed by atoms with Crippen LogP contribution in [0.25, 0.3) is 0 Å². The molecule has 6 heteroatoms. The number of nitrogens with one attached hydrogen (secondary N) is 2. The van der Waals surface area contributed by atoms with Gasteiger partial charge in [-0.25, -0.2) is 0 Å². The van der Waals surface area contributed by atoms with Crippen molar-refractivity contribution < 1.29 is 14.4 Å². The molecule has 154 valence electrons. The predicted molar refractivity (Wildman–Crippen MR) is 111 cm³/mol. The van der Waals surface area contributed by atoms with Crippen LogP contribution in [-0.4, -0.2) is 29.4 Å². The van der Waals surface area contributed by atoms with E-state index in [-0.39, 0.29) is 42.1 Å². The van der Waals surface area contributed by atoms with Crippen molar-refractivity contribution in [3.05, 3.63) is 35.9 Å². The minimum Gasteiger partial charge on any atom is -0.388 e. The lowest BCUT2D eigenvalue weighted by Crippen LogP contribution is -2.41. The molecule has 1 amide bonds. The summed E-state index contributed by atoms with van der Waals surface area (Å²) in [4.78, 5) is 36.0. The summed E-state index contributed by atoms with van der Waals surface area (Å²) >= 11 is 0. The highest BCUT2D eigenvalue weighted by Gasteiger charge is 2.22. The number of unbranched alkanes of at least 4 members (excludes halogenated alkanes) is 1. The lowest BCUT2D eigenvalue weighted by atomic mass is 9.92. The van der Waals surface area contributed by atoms with Crippen molar-refractivity contribution in [3.63, 3.8) is 0 Å². The Morgan fingerprint density at radius 3 is 2.36 bits per heavy atom. The first-order valence-corrected chi connectivity index (χ1v) is 9.96. The second-order valence-corrected chi connectivity index (χ2v) is 7.56. The second kappa shape index (κ2) is 12.8. The zero-order valence-corrected chi connectivity index (χ0v) is 17.0. The van der Waals surface area contributed by atoms with Crippen LogP contribution in [0.5, 0.6) is 0 Å². The molecule has 0 spiro atoms. The lowest BCUT2D eigenvalue weighted by molar-refractivity contribution is -0.129. The van der Waals surface area contributed by atoms with Gasteiger partial charge >= 0.3 is 0 Å². The molecule has 0 aromatic heterocycles. The molecule has 1 aromatic rings. The number of benzene rings is 1. The van der Waals surface area contributed by atoms with Crippen LogP contribution in [0.3, 0.4) is 0 Å². The van der Waals surface area contributed by atoms with E-state index < -0.39 is 6.04 Å². The van der Waals surface area contributed by atoms with Gasteiger partial charge in [-0.3, -0.25) is 15.0 Å². The Morgan fingerprint density at radius 1 is 1.07 bits per heavy atom. The van der Waals surface area contributed by atoms with Crippen molar-refractivity contribution in [3.8, 4) is 0 Å². The van der Waals surface area contributed by atoms with E-state index in [1.54, 1.807) is 0 Å². The third-order valence-corrected chi connectivity index (χ3v) is 4.59. The van der Waals surface area contributed by atoms with Crippen LogP contribution in [0, 0.1) is 11.3 Å². The van der Waals surface area contributed by atoms with E-state index in [1.165, 1.54) is 12.5 Å². The van der Waals surface area contributed by atoms with Crippen LogP contribution < -0.4 is 11.1 Å². The van der Waals surface area contributed by atoms with Gasteiger partial charge in [0.2, 0.25) is 5.91 Å². The first-order chi connectivity index (χ1) is 13.3. The van der Waals surface area contributed by atoms with Gasteiger partial charge in [0.1, 0.15) is 5.78 Å². The Balaban J connectivity index is 2.61. The van der Waals surface area contributed by atoms with Gasteiger partial charge in [-0.1, -0.05) is 43.7 Å². The standard InChI is InChI=1S/C22H33N3O3/c1-16(14-18-8-4-3-5-9-18)15-20(27)19(10-6-7-11-21(23)24)25-22(28)13-12-17(2)26/h3-5,8-9,16,19H,6-7,10-15H2,1-2H3,(H3,23,24)(H,25,28)/t16-,19-/m0/s1. The van der Waals surface area contributed by atoms with Gasteiger partial charge in [0.05, 0.1) is 11.9 Å². The van der Waals surface area contributed by atoms with E-state index in [1.807, 2.05) is 37.3 Å². The van der Waals surface area contributed by atoms with Crippen molar-refractivity contribution in [2.75, 3.05) is 0 Å². The first kappa shape index (κ1) is 23.5. The van der Waals surface area contributed by atoms with E-state index in [0.29, 0.717) is 32.1 Å². The van der Waals surface area contributed by atoms with Gasteiger partial charge in [0.25, 0.3) is 0 Å². The largest absolute Gasteiger partial charge is 0.388 e. The fourth-order valence-electron chi connectivity index (χ4n) is 3.11. The number of hydrogen-bond acceptors (Lipinski definition) is 4. The predicted octanol–water partition coefficient (Wildman–Crippen LogP) is 3.17. The molecule has 6 nitrogen and oxygen atoms in total. The highest BCUT2D eigenvalue weighted by molar-refractivity contribution is 5.90. The highest BCUT2D eigenvalue weighted by Crippen LogP contribution is 2.15. The van der Waals surface area contributed by atoms with Gasteiger partial charge in [-0.15, -0.1) is 0 Å². The fourth-order valence-corrected chi connectivity index (χ4v) is 3.11. The van der Waals surface area contributed by atoms with Gasteiger partial charge < -0.3 is 15.8 Å². The van der Waals surface area contributed by atoms with Crippen LogP contribution in [0.4, 0.5) is 0 Å². The van der Waals surface area contributed by atoms with Crippen LogP contribution in [0.1, 0.15) is 64.4 Å². The summed E-state index contributed by atoms with van der Waals surface area (Å²) in [7, 11) is 0. The molecule has 0 saturated heterocycles. The number of carbonyl (C=O) groups is 3. The second-order valence-electron chi connectivity index (χ2n) is 7.56. The van der Waals surface area contributed by atoms with Crippen LogP contribution in [0.2, 0.25) is 0 Å². The lowest BCUT2D eigenvalue weighted by Gasteiger charge is -2.20. The Hall–Kier alpha value is -2.50. The smallest absolute Gasteiger partial charge is 0.221 e. The third kappa shape index (κ3) is 10.6. The van der Waals surface area contributed by atoms with Gasteiger partial charge in [0.15, 0.2) is 5.78 Å². The van der Waals surface area contributed by atoms with Crippen molar-refractivity contribution in [2.24, 2.45) is 11.7 Å². The summed E-state index contributed by atoms with van der Waals surface area (Å²) in [6.45, 7) is 3.48. The Labute approximate surface area is 167 Å². The third-order valence-electron chi connectivity index (χ3n) is 4.59. The zero-order valence-electron chi connectivity index (χ0n) is 17.0. The molecule has 28 heavy (non-hydrogen) atoms. The average molecular weight is 388 g/mol. The summed E-state index contributed by atoms with van der Waals surface area (Å²) < 4.78 is 0. The highest BCUT2D eigenvalue weighted by atomic mass is 16.2. The number of amidine groups is 1. The topological polar surface area (TPSA) is 113 Å². The molecule has 0 aliphatic rings. The number of amides is 1. The fraction of sp³-hybridized carbons (Fsp3) is 0.545. The number of ketones is 2. The average Bonchev–Trinajstić information content (AvgIpc) is 2.62. The molecule has 0 radical (unpaired) electrons. The maximum absolute atomic E-state index is 12.8. The molecular weight excluding hydrogens is 354 g/mol. The Bertz CT molecular complexity index is 658. The molecular formula is C22H33N3O3. The molecule has 2 atom stereocenters. The van der Waals surface area contributed by atoms with Crippen molar-refractivity contribution >= 4 is 23.3 Å². The molecule has 0 heterocycles. The molecule has 1 rings (SSSR count). The molecule has 0 saturated carbocycles. The maximum Gasteiger partial charge on any atom is 0.221 e. The SMILES string of the molecule is CC(=O)CCC(=O)N[C@@H](CCCCC(=N)N)C(=O)C[C@@H](C)Cc1ccccc1. The number of carbonyl (C=O) groups excluding carboxylic acids is 3. The Kier molecular flexibility index (Phi) is 10.8. The Morgan fingerprint density at radius 2 is 1.75 bits per heavy atom. The monoisotopic (exact) mass is 387 g/mol. The van der Waals surface area contributed by atoms with Crippen molar-refractivity contribution in [2.45, 2.75) is 71.3 Å². The summed E-state index contributed by atoms with van der Waals surface area (Å²) in [5.74, 6) is 0.00262. The minimum absolute atomic E-state index is 0.0161. The van der Waals surface area contributed by atoms with E-state index in [9.17, 15) is 14.4 Å². The normalized spacial score (nSPS) is 12.8. The molecule has 4 N–H and O–H groups in total. The summed E-state index contributed by atoms with van der Waals surface area (Å²) in [5, 5.41) is 10.1.